The van der Waals surface area contributed by atoms with Crippen molar-refractivity contribution in [2.75, 3.05) is 6.54 Å². The molecule has 0 saturated heterocycles. The molecular weight excluding hydrogens is 168 g/mol. The lowest BCUT2D eigenvalue weighted by Crippen LogP contribution is -2.27. The molecule has 13 heavy (non-hydrogen) atoms. The van der Waals surface area contributed by atoms with Crippen molar-refractivity contribution in [2.45, 2.75) is 19.9 Å². The molecule has 3 N–H and O–H groups in total. The molecule has 0 aliphatic rings. The standard InChI is InChI=1S/C9H14N2O2/c1-2-7-3-4-8(13-7)5-11-6-9(10)12/h3-4,11H,2,5-6H2,1H3,(H2,10,12). The first-order chi connectivity index (χ1) is 6.22. The number of rotatable bonds is 5. The molecule has 0 unspecified atom stereocenters. The van der Waals surface area contributed by atoms with Crippen LogP contribution in [-0.4, -0.2) is 12.5 Å². The molecule has 0 spiro atoms. The van der Waals surface area contributed by atoms with Crippen molar-refractivity contribution in [3.63, 3.8) is 0 Å². The lowest BCUT2D eigenvalue weighted by atomic mass is 10.3. The number of hydrogen-bond acceptors (Lipinski definition) is 3. The van der Waals surface area contributed by atoms with Crippen molar-refractivity contribution in [1.29, 1.82) is 0 Å². The van der Waals surface area contributed by atoms with E-state index in [0.29, 0.717) is 6.54 Å². The fourth-order valence-electron chi connectivity index (χ4n) is 1.02. The first kappa shape index (κ1) is 9.80. The summed E-state index contributed by atoms with van der Waals surface area (Å²) in [6, 6.07) is 3.83. The topological polar surface area (TPSA) is 68.3 Å². The number of amides is 1. The van der Waals surface area contributed by atoms with Crippen molar-refractivity contribution >= 4 is 5.91 Å². The highest BCUT2D eigenvalue weighted by atomic mass is 16.3. The van der Waals surface area contributed by atoms with Crippen molar-refractivity contribution in [3.8, 4) is 0 Å². The monoisotopic (exact) mass is 182 g/mol. The van der Waals surface area contributed by atoms with Gasteiger partial charge in [0, 0.05) is 6.42 Å². The van der Waals surface area contributed by atoms with E-state index in [1.807, 2.05) is 19.1 Å². The molecule has 0 bridgehead atoms. The molecule has 1 amide bonds. The molecule has 1 aromatic heterocycles. The second-order valence-electron chi connectivity index (χ2n) is 2.79. The normalized spacial score (nSPS) is 10.2. The Labute approximate surface area is 77.1 Å². The zero-order chi connectivity index (χ0) is 9.68. The number of furan rings is 1. The highest BCUT2D eigenvalue weighted by Crippen LogP contribution is 2.07. The first-order valence-corrected chi connectivity index (χ1v) is 4.29. The summed E-state index contributed by atoms with van der Waals surface area (Å²) in [5.41, 5.74) is 4.96. The van der Waals surface area contributed by atoms with Crippen LogP contribution < -0.4 is 11.1 Å². The van der Waals surface area contributed by atoms with Crippen molar-refractivity contribution in [2.24, 2.45) is 5.73 Å². The third kappa shape index (κ3) is 3.29. The molecule has 0 radical (unpaired) electrons. The van der Waals surface area contributed by atoms with Gasteiger partial charge >= 0.3 is 0 Å². The molecule has 0 fully saturated rings. The van der Waals surface area contributed by atoms with E-state index >= 15 is 0 Å². The van der Waals surface area contributed by atoms with Gasteiger partial charge in [0.15, 0.2) is 0 Å². The maximum atomic E-state index is 10.4. The van der Waals surface area contributed by atoms with E-state index in [0.717, 1.165) is 17.9 Å². The second-order valence-corrected chi connectivity index (χ2v) is 2.79. The van der Waals surface area contributed by atoms with Crippen molar-refractivity contribution in [3.05, 3.63) is 23.7 Å². The van der Waals surface area contributed by atoms with Crippen LogP contribution in [0.2, 0.25) is 0 Å². The quantitative estimate of drug-likeness (QED) is 0.693. The number of nitrogens with one attached hydrogen (secondary N) is 1. The SMILES string of the molecule is CCc1ccc(CNCC(N)=O)o1. The van der Waals surface area contributed by atoms with E-state index < -0.39 is 0 Å². The highest BCUT2D eigenvalue weighted by molar-refractivity contribution is 5.75. The number of carbonyl (C=O) groups excluding carboxylic acids is 1. The third-order valence-corrected chi connectivity index (χ3v) is 1.66. The minimum atomic E-state index is -0.359. The van der Waals surface area contributed by atoms with Gasteiger partial charge < -0.3 is 15.5 Å². The van der Waals surface area contributed by atoms with Gasteiger partial charge in [-0.15, -0.1) is 0 Å². The molecular formula is C9H14N2O2. The molecule has 0 saturated carbocycles. The Bertz CT molecular complexity index is 281. The van der Waals surface area contributed by atoms with Crippen LogP contribution in [0.15, 0.2) is 16.5 Å². The minimum absolute atomic E-state index is 0.183. The van der Waals surface area contributed by atoms with E-state index in [2.05, 4.69) is 5.32 Å². The summed E-state index contributed by atoms with van der Waals surface area (Å²) in [6.45, 7) is 2.75. The number of hydrogen-bond donors (Lipinski definition) is 2. The summed E-state index contributed by atoms with van der Waals surface area (Å²) >= 11 is 0. The average molecular weight is 182 g/mol. The Morgan fingerprint density at radius 3 is 2.77 bits per heavy atom. The van der Waals surface area contributed by atoms with Gasteiger partial charge in [0.2, 0.25) is 5.91 Å². The molecule has 1 aromatic rings. The Morgan fingerprint density at radius 2 is 2.23 bits per heavy atom. The summed E-state index contributed by atoms with van der Waals surface area (Å²) in [5, 5.41) is 2.87. The summed E-state index contributed by atoms with van der Waals surface area (Å²) < 4.78 is 5.40. The maximum absolute atomic E-state index is 10.4. The molecule has 0 aliphatic carbocycles. The molecule has 0 aliphatic heterocycles. The largest absolute Gasteiger partial charge is 0.465 e. The van der Waals surface area contributed by atoms with Gasteiger partial charge in [-0.05, 0) is 12.1 Å². The summed E-state index contributed by atoms with van der Waals surface area (Å²) in [6.07, 6.45) is 0.885. The number of nitrogens with two attached hydrogens (primary N) is 1. The van der Waals surface area contributed by atoms with Crippen LogP contribution in [0.1, 0.15) is 18.4 Å². The van der Waals surface area contributed by atoms with Crippen molar-refractivity contribution in [1.82, 2.24) is 5.32 Å². The van der Waals surface area contributed by atoms with Gasteiger partial charge in [0.1, 0.15) is 11.5 Å². The summed E-state index contributed by atoms with van der Waals surface area (Å²) in [5.74, 6) is 1.43. The predicted octanol–water partition coefficient (Wildman–Crippen LogP) is 0.417. The van der Waals surface area contributed by atoms with Crippen LogP contribution in [-0.2, 0) is 17.8 Å². The smallest absolute Gasteiger partial charge is 0.231 e. The van der Waals surface area contributed by atoms with Crippen LogP contribution in [0, 0.1) is 0 Å². The molecule has 0 aromatic carbocycles. The molecule has 0 atom stereocenters. The molecule has 4 nitrogen and oxygen atoms in total. The van der Waals surface area contributed by atoms with Gasteiger partial charge in [-0.3, -0.25) is 4.79 Å². The second kappa shape index (κ2) is 4.67. The van der Waals surface area contributed by atoms with Crippen LogP contribution in [0.5, 0.6) is 0 Å². The number of carbonyl (C=O) groups is 1. The van der Waals surface area contributed by atoms with Crippen LogP contribution in [0.3, 0.4) is 0 Å². The zero-order valence-electron chi connectivity index (χ0n) is 7.67. The van der Waals surface area contributed by atoms with E-state index in [-0.39, 0.29) is 12.5 Å². The minimum Gasteiger partial charge on any atom is -0.465 e. The Morgan fingerprint density at radius 1 is 1.54 bits per heavy atom. The van der Waals surface area contributed by atoms with Crippen LogP contribution in [0.4, 0.5) is 0 Å². The van der Waals surface area contributed by atoms with Crippen LogP contribution >= 0.6 is 0 Å². The average Bonchev–Trinajstić information content (AvgIpc) is 2.52. The Kier molecular flexibility index (Phi) is 3.52. The van der Waals surface area contributed by atoms with Gasteiger partial charge in [-0.2, -0.15) is 0 Å². The van der Waals surface area contributed by atoms with Crippen LogP contribution in [0.25, 0.3) is 0 Å². The van der Waals surface area contributed by atoms with Gasteiger partial charge in [0.05, 0.1) is 13.1 Å². The molecule has 1 heterocycles. The third-order valence-electron chi connectivity index (χ3n) is 1.66. The van der Waals surface area contributed by atoms with E-state index in [9.17, 15) is 4.79 Å². The Balaban J connectivity index is 2.32. The van der Waals surface area contributed by atoms with E-state index in [1.165, 1.54) is 0 Å². The summed E-state index contributed by atoms with van der Waals surface area (Å²) in [7, 11) is 0. The van der Waals surface area contributed by atoms with Gasteiger partial charge in [-0.25, -0.2) is 0 Å². The van der Waals surface area contributed by atoms with Gasteiger partial charge in [-0.1, -0.05) is 6.92 Å². The molecule has 72 valence electrons. The van der Waals surface area contributed by atoms with E-state index in [4.69, 9.17) is 10.2 Å². The predicted molar refractivity (Wildman–Crippen MR) is 49.0 cm³/mol. The lowest BCUT2D eigenvalue weighted by molar-refractivity contribution is -0.117. The maximum Gasteiger partial charge on any atom is 0.231 e. The number of aryl methyl sites for hydroxylation is 1. The first-order valence-electron chi connectivity index (χ1n) is 4.29. The van der Waals surface area contributed by atoms with E-state index in [1.54, 1.807) is 0 Å². The summed E-state index contributed by atoms with van der Waals surface area (Å²) in [4.78, 5) is 10.4. The fraction of sp³-hybridized carbons (Fsp3) is 0.444. The Hall–Kier alpha value is -1.29. The fourth-order valence-corrected chi connectivity index (χ4v) is 1.02. The van der Waals surface area contributed by atoms with Gasteiger partial charge in [0.25, 0.3) is 0 Å². The molecule has 1 rings (SSSR count). The molecule has 4 heteroatoms. The highest BCUT2D eigenvalue weighted by Gasteiger charge is 2.00. The zero-order valence-corrected chi connectivity index (χ0v) is 7.67. The van der Waals surface area contributed by atoms with Crippen molar-refractivity contribution < 1.29 is 9.21 Å². The number of primary amides is 1. The lowest BCUT2D eigenvalue weighted by Gasteiger charge is -1.97.